The minimum Gasteiger partial charge on any atom is -0.362 e. The average Bonchev–Trinajstić information content (AvgIpc) is 3.02. The fourth-order valence-electron chi connectivity index (χ4n) is 2.08. The van der Waals surface area contributed by atoms with Crippen molar-refractivity contribution in [2.24, 2.45) is 0 Å². The van der Waals surface area contributed by atoms with E-state index in [2.05, 4.69) is 39.3 Å². The summed E-state index contributed by atoms with van der Waals surface area (Å²) in [6.07, 6.45) is 8.62. The van der Waals surface area contributed by atoms with E-state index in [-0.39, 0.29) is 6.04 Å². The molecule has 3 rings (SSSR count). The van der Waals surface area contributed by atoms with E-state index in [9.17, 15) is 0 Å². The van der Waals surface area contributed by atoms with Gasteiger partial charge < -0.3 is 9.88 Å². The summed E-state index contributed by atoms with van der Waals surface area (Å²) in [4.78, 5) is 12.3. The lowest BCUT2D eigenvalue weighted by Crippen LogP contribution is -2.08. The Balaban J connectivity index is 1.81. The quantitative estimate of drug-likeness (QED) is 0.801. The summed E-state index contributed by atoms with van der Waals surface area (Å²) < 4.78 is 1.97. The Bertz CT molecular complexity index is 726. The molecule has 106 valence electrons. The minimum absolute atomic E-state index is 0.0845. The Morgan fingerprint density at radius 3 is 2.90 bits per heavy atom. The van der Waals surface area contributed by atoms with Crippen LogP contribution in [0.25, 0.3) is 5.69 Å². The number of hydrogen-bond acceptors (Lipinski definition) is 4. The Labute approximate surface area is 127 Å². The number of anilines is 1. The predicted molar refractivity (Wildman–Crippen MR) is 82.6 cm³/mol. The Kier molecular flexibility index (Phi) is 3.83. The monoisotopic (exact) mass is 299 g/mol. The lowest BCUT2D eigenvalue weighted by molar-refractivity contribution is 0.867. The number of nitrogens with one attached hydrogen (secondary N) is 1. The Morgan fingerprint density at radius 2 is 2.14 bits per heavy atom. The molecule has 5 nitrogen and oxygen atoms in total. The van der Waals surface area contributed by atoms with Gasteiger partial charge in [0.25, 0.3) is 0 Å². The summed E-state index contributed by atoms with van der Waals surface area (Å²) in [6, 6.07) is 8.32. The molecule has 1 N–H and O–H groups in total. The van der Waals surface area contributed by atoms with E-state index >= 15 is 0 Å². The number of hydrogen-bond donors (Lipinski definition) is 1. The van der Waals surface area contributed by atoms with Crippen molar-refractivity contribution in [3.8, 4) is 5.69 Å². The van der Waals surface area contributed by atoms with Gasteiger partial charge in [0, 0.05) is 18.1 Å². The first-order chi connectivity index (χ1) is 10.2. The molecule has 0 unspecified atom stereocenters. The van der Waals surface area contributed by atoms with Crippen LogP contribution in [0.1, 0.15) is 18.5 Å². The topological polar surface area (TPSA) is 55.6 Å². The molecule has 1 aromatic carbocycles. The summed E-state index contributed by atoms with van der Waals surface area (Å²) in [5.41, 5.74) is 2.21. The molecule has 0 aliphatic carbocycles. The van der Waals surface area contributed by atoms with Gasteiger partial charge in [0.15, 0.2) is 0 Å². The molecule has 0 aliphatic rings. The molecule has 0 aliphatic heterocycles. The predicted octanol–water partition coefficient (Wildman–Crippen LogP) is 3.49. The number of imidazole rings is 1. The molecule has 2 heterocycles. The summed E-state index contributed by atoms with van der Waals surface area (Å²) in [6.45, 7) is 2.07. The summed E-state index contributed by atoms with van der Waals surface area (Å²) >= 11 is 5.84. The van der Waals surface area contributed by atoms with Crippen LogP contribution in [0.15, 0.2) is 55.4 Å². The fourth-order valence-corrected chi connectivity index (χ4v) is 2.23. The van der Waals surface area contributed by atoms with Crippen molar-refractivity contribution < 1.29 is 0 Å². The van der Waals surface area contributed by atoms with Crippen LogP contribution < -0.4 is 5.32 Å². The zero-order valence-corrected chi connectivity index (χ0v) is 12.2. The van der Waals surface area contributed by atoms with Crippen LogP contribution in [-0.4, -0.2) is 19.5 Å². The van der Waals surface area contributed by atoms with Gasteiger partial charge in [-0.2, -0.15) is 0 Å². The second-order valence-electron chi connectivity index (χ2n) is 4.66. The molecule has 2 aromatic heterocycles. The fraction of sp³-hybridized carbons (Fsp3) is 0.133. The van der Waals surface area contributed by atoms with Crippen molar-refractivity contribution in [2.45, 2.75) is 13.0 Å². The van der Waals surface area contributed by atoms with Gasteiger partial charge in [0.1, 0.15) is 11.0 Å². The molecular weight excluding hydrogens is 286 g/mol. The van der Waals surface area contributed by atoms with Crippen LogP contribution in [0.3, 0.4) is 0 Å². The molecule has 21 heavy (non-hydrogen) atoms. The first-order valence-corrected chi connectivity index (χ1v) is 6.92. The Morgan fingerprint density at radius 1 is 1.24 bits per heavy atom. The summed E-state index contributed by atoms with van der Waals surface area (Å²) in [5.74, 6) is 0.656. The smallest absolute Gasteiger partial charge is 0.149 e. The molecule has 3 aromatic rings. The summed E-state index contributed by atoms with van der Waals surface area (Å²) in [7, 11) is 0. The summed E-state index contributed by atoms with van der Waals surface area (Å²) in [5, 5.41) is 3.66. The highest BCUT2D eigenvalue weighted by Crippen LogP contribution is 2.20. The van der Waals surface area contributed by atoms with Crippen LogP contribution in [0.4, 0.5) is 5.82 Å². The molecule has 6 heteroatoms. The van der Waals surface area contributed by atoms with Crippen LogP contribution in [-0.2, 0) is 0 Å². The average molecular weight is 300 g/mol. The molecule has 0 fully saturated rings. The maximum Gasteiger partial charge on any atom is 0.149 e. The van der Waals surface area contributed by atoms with Crippen LogP contribution in [0.5, 0.6) is 0 Å². The van der Waals surface area contributed by atoms with Gasteiger partial charge in [-0.3, -0.25) is 4.98 Å². The molecule has 0 saturated heterocycles. The van der Waals surface area contributed by atoms with E-state index in [4.69, 9.17) is 11.6 Å². The third kappa shape index (κ3) is 3.20. The zero-order chi connectivity index (χ0) is 14.7. The largest absolute Gasteiger partial charge is 0.362 e. The number of aromatic nitrogens is 4. The molecule has 0 bridgehead atoms. The van der Waals surface area contributed by atoms with Crippen molar-refractivity contribution in [1.29, 1.82) is 0 Å². The Hall–Kier alpha value is -2.40. The molecular formula is C15H14ClN5. The highest BCUT2D eigenvalue weighted by atomic mass is 35.5. The lowest BCUT2D eigenvalue weighted by atomic mass is 10.1. The van der Waals surface area contributed by atoms with Gasteiger partial charge in [0.2, 0.25) is 0 Å². The van der Waals surface area contributed by atoms with Gasteiger partial charge in [-0.25, -0.2) is 9.97 Å². The maximum atomic E-state index is 5.84. The normalized spacial score (nSPS) is 12.1. The first kappa shape index (κ1) is 13.6. The van der Waals surface area contributed by atoms with Gasteiger partial charge in [-0.05, 0) is 24.6 Å². The van der Waals surface area contributed by atoms with Crippen molar-refractivity contribution in [2.75, 3.05) is 5.32 Å². The van der Waals surface area contributed by atoms with Gasteiger partial charge in [0.05, 0.1) is 24.8 Å². The van der Waals surface area contributed by atoms with Gasteiger partial charge in [-0.15, -0.1) is 0 Å². The number of benzene rings is 1. The van der Waals surface area contributed by atoms with E-state index in [1.807, 2.05) is 22.9 Å². The first-order valence-electron chi connectivity index (χ1n) is 6.55. The highest BCUT2D eigenvalue weighted by Gasteiger charge is 2.08. The highest BCUT2D eigenvalue weighted by molar-refractivity contribution is 6.29. The molecule has 1 atom stereocenters. The van der Waals surface area contributed by atoms with Crippen molar-refractivity contribution >= 4 is 17.4 Å². The third-order valence-electron chi connectivity index (χ3n) is 3.14. The third-order valence-corrected chi connectivity index (χ3v) is 3.32. The van der Waals surface area contributed by atoms with Gasteiger partial charge in [-0.1, -0.05) is 23.7 Å². The van der Waals surface area contributed by atoms with Crippen molar-refractivity contribution in [3.05, 3.63) is 66.1 Å². The second kappa shape index (κ2) is 5.93. The van der Waals surface area contributed by atoms with E-state index < -0.39 is 0 Å². The van der Waals surface area contributed by atoms with E-state index in [0.29, 0.717) is 11.0 Å². The number of halogens is 1. The minimum atomic E-state index is 0.0845. The SMILES string of the molecule is C[C@@H](Nc1cncc(Cl)n1)c1cccc(-n2ccnc2)c1. The number of nitrogens with zero attached hydrogens (tertiary/aromatic N) is 4. The molecule has 0 spiro atoms. The second-order valence-corrected chi connectivity index (χ2v) is 5.05. The molecule has 0 amide bonds. The number of rotatable bonds is 4. The van der Waals surface area contributed by atoms with Crippen molar-refractivity contribution in [3.63, 3.8) is 0 Å². The van der Waals surface area contributed by atoms with Crippen LogP contribution >= 0.6 is 11.6 Å². The van der Waals surface area contributed by atoms with Crippen molar-refractivity contribution in [1.82, 2.24) is 19.5 Å². The molecule has 0 radical (unpaired) electrons. The van der Waals surface area contributed by atoms with Gasteiger partial charge >= 0.3 is 0 Å². The van der Waals surface area contributed by atoms with E-state index in [0.717, 1.165) is 11.3 Å². The zero-order valence-electron chi connectivity index (χ0n) is 11.4. The molecule has 0 saturated carbocycles. The van der Waals surface area contributed by atoms with E-state index in [1.54, 1.807) is 18.7 Å². The van der Waals surface area contributed by atoms with E-state index in [1.165, 1.54) is 6.20 Å². The van der Waals surface area contributed by atoms with Crippen LogP contribution in [0, 0.1) is 0 Å². The maximum absolute atomic E-state index is 5.84. The van der Waals surface area contributed by atoms with Crippen LogP contribution in [0.2, 0.25) is 5.15 Å². The standard InChI is InChI=1S/C15H14ClN5/c1-11(19-15-9-18-8-14(16)20-15)12-3-2-4-13(7-12)21-6-5-17-10-21/h2-11H,1H3,(H,19,20)/t11-/m1/s1. The lowest BCUT2D eigenvalue weighted by Gasteiger charge is -2.16.